The van der Waals surface area contributed by atoms with Gasteiger partial charge in [-0.1, -0.05) is 19.1 Å². The van der Waals surface area contributed by atoms with E-state index in [1.54, 1.807) is 36.8 Å². The largest absolute Gasteiger partial charge is 0.416 e. The number of hydrogen-bond acceptors (Lipinski definition) is 10. The highest BCUT2D eigenvalue weighted by atomic mass is 32.1. The number of ether oxygens (including phenoxy) is 2. The Morgan fingerprint density at radius 2 is 1.95 bits per heavy atom. The maximum atomic E-state index is 13.1. The Balaban J connectivity index is 1.23. The van der Waals surface area contributed by atoms with Crippen LogP contribution in [0, 0.1) is 5.92 Å². The molecule has 0 amide bonds. The van der Waals surface area contributed by atoms with Crippen LogP contribution in [0.5, 0.6) is 0 Å². The molecule has 2 N–H and O–H groups in total. The molecule has 1 saturated carbocycles. The SMILES string of the molecule is COCC1C(N(C)C(S)NC[C@H](Cc2ccc(C(F)(F)F)cc2)NCCN2CCOCC2)C1(C)c1nc2ccncc2s1. The van der Waals surface area contributed by atoms with Crippen LogP contribution in [0.1, 0.15) is 23.1 Å². The summed E-state index contributed by atoms with van der Waals surface area (Å²) in [5.74, 6) is 0.252. The molecular formula is C30H41F3N6O2S2. The molecular weight excluding hydrogens is 597 g/mol. The van der Waals surface area contributed by atoms with Crippen molar-refractivity contribution in [3.05, 3.63) is 58.9 Å². The zero-order chi connectivity index (χ0) is 30.6. The molecule has 4 unspecified atom stereocenters. The molecule has 5 atom stereocenters. The highest BCUT2D eigenvalue weighted by Gasteiger charge is 2.66. The van der Waals surface area contributed by atoms with Crippen LogP contribution >= 0.6 is 24.0 Å². The topological polar surface area (TPSA) is 74.8 Å². The quantitative estimate of drug-likeness (QED) is 0.182. The summed E-state index contributed by atoms with van der Waals surface area (Å²) < 4.78 is 51.5. The maximum Gasteiger partial charge on any atom is 0.416 e. The Kier molecular flexibility index (Phi) is 10.7. The van der Waals surface area contributed by atoms with E-state index in [0.29, 0.717) is 19.6 Å². The lowest BCUT2D eigenvalue weighted by molar-refractivity contribution is -0.137. The molecule has 2 fully saturated rings. The average Bonchev–Trinajstić information content (AvgIpc) is 3.35. The Bertz CT molecular complexity index is 1290. The number of benzene rings is 1. The summed E-state index contributed by atoms with van der Waals surface area (Å²) >= 11 is 6.62. The molecule has 0 bridgehead atoms. The van der Waals surface area contributed by atoms with Crippen LogP contribution < -0.4 is 10.6 Å². The van der Waals surface area contributed by atoms with Gasteiger partial charge in [0.05, 0.1) is 35.6 Å². The number of hydrogen-bond donors (Lipinski definition) is 3. The van der Waals surface area contributed by atoms with Crippen molar-refractivity contribution in [3.63, 3.8) is 0 Å². The van der Waals surface area contributed by atoms with E-state index in [2.05, 4.69) is 39.4 Å². The normalized spacial score (nSPS) is 24.5. The van der Waals surface area contributed by atoms with Gasteiger partial charge in [-0.25, -0.2) is 4.98 Å². The standard InChI is InChI=1S/C30H41F3N6O2S2/c1-29(27-37-24-8-9-34-18-25(24)43-27)23(19-40-3)26(29)38(2)28(42)36-17-22(35-10-11-39-12-14-41-15-13-39)16-20-4-6-21(7-5-20)30(31,32)33/h4-9,18,22-23,26,28,35-36,42H,10-17,19H2,1-3H3/t22-,23?,26?,28?,29?/m0/s1. The molecule has 3 aromatic rings. The van der Waals surface area contributed by atoms with Gasteiger partial charge >= 0.3 is 6.18 Å². The molecule has 2 aromatic heterocycles. The Hall–Kier alpha value is -1.84. The first-order valence-electron chi connectivity index (χ1n) is 14.6. The number of methoxy groups -OCH3 is 1. The molecule has 1 saturated heterocycles. The summed E-state index contributed by atoms with van der Waals surface area (Å²) in [5.41, 5.74) is 0.732. The van der Waals surface area contributed by atoms with Gasteiger partial charge in [0.25, 0.3) is 0 Å². The van der Waals surface area contributed by atoms with Crippen molar-refractivity contribution in [2.45, 2.75) is 42.5 Å². The summed E-state index contributed by atoms with van der Waals surface area (Å²) in [5, 5.41) is 8.27. The lowest BCUT2D eigenvalue weighted by Crippen LogP contribution is -2.50. The number of likely N-dealkylation sites (N-methyl/N-ethyl adjacent to an activating group) is 1. The zero-order valence-electron chi connectivity index (χ0n) is 24.8. The number of fused-ring (bicyclic) bond motifs is 1. The summed E-state index contributed by atoms with van der Waals surface area (Å²) in [6, 6.07) is 7.56. The van der Waals surface area contributed by atoms with E-state index < -0.39 is 11.7 Å². The van der Waals surface area contributed by atoms with Crippen molar-refractivity contribution >= 4 is 34.2 Å². The molecule has 3 heterocycles. The van der Waals surface area contributed by atoms with Crippen molar-refractivity contribution in [2.24, 2.45) is 5.92 Å². The lowest BCUT2D eigenvalue weighted by Gasteiger charge is -2.30. The van der Waals surface area contributed by atoms with E-state index >= 15 is 0 Å². The van der Waals surface area contributed by atoms with Crippen molar-refractivity contribution in [3.8, 4) is 0 Å². The van der Waals surface area contributed by atoms with Gasteiger partial charge in [-0.05, 0) is 37.2 Å². The monoisotopic (exact) mass is 638 g/mol. The third-order valence-corrected chi connectivity index (χ3v) is 10.6. The first-order chi connectivity index (χ1) is 20.6. The minimum absolute atomic E-state index is 0.00190. The van der Waals surface area contributed by atoms with Crippen LogP contribution in [0.2, 0.25) is 0 Å². The fourth-order valence-corrected chi connectivity index (χ4v) is 7.57. The van der Waals surface area contributed by atoms with Gasteiger partial charge in [0.1, 0.15) is 10.5 Å². The molecule has 5 rings (SSSR count). The van der Waals surface area contributed by atoms with Crippen molar-refractivity contribution in [1.29, 1.82) is 0 Å². The number of alkyl halides is 3. The second-order valence-corrected chi connectivity index (χ2v) is 13.1. The number of morpholine rings is 1. The molecule has 1 aliphatic carbocycles. The molecule has 236 valence electrons. The number of halogens is 3. The number of thiazole rings is 1. The number of nitrogens with zero attached hydrogens (tertiary/aromatic N) is 4. The second kappa shape index (κ2) is 14.1. The first-order valence-corrected chi connectivity index (χ1v) is 16.0. The van der Waals surface area contributed by atoms with Crippen molar-refractivity contribution in [2.75, 3.05) is 66.7 Å². The number of rotatable bonds is 14. The van der Waals surface area contributed by atoms with Crippen LogP contribution in [-0.4, -0.2) is 104 Å². The minimum atomic E-state index is -4.35. The Morgan fingerprint density at radius 1 is 1.21 bits per heavy atom. The smallest absolute Gasteiger partial charge is 0.384 e. The van der Waals surface area contributed by atoms with Gasteiger partial charge in [0, 0.05) is 75.6 Å². The molecule has 13 heteroatoms. The van der Waals surface area contributed by atoms with Gasteiger partial charge in [0.2, 0.25) is 0 Å². The minimum Gasteiger partial charge on any atom is -0.384 e. The molecule has 0 spiro atoms. The van der Waals surface area contributed by atoms with Crippen LogP contribution in [0.15, 0.2) is 42.7 Å². The predicted octanol–water partition coefficient (Wildman–Crippen LogP) is 3.88. The lowest BCUT2D eigenvalue weighted by atomic mass is 10.0. The highest BCUT2D eigenvalue weighted by molar-refractivity contribution is 7.80. The zero-order valence-corrected chi connectivity index (χ0v) is 26.5. The maximum absolute atomic E-state index is 13.1. The Labute approximate surface area is 260 Å². The number of pyridine rings is 1. The van der Waals surface area contributed by atoms with Crippen LogP contribution in [0.25, 0.3) is 10.2 Å². The molecule has 8 nitrogen and oxygen atoms in total. The third kappa shape index (κ3) is 7.70. The van der Waals surface area contributed by atoms with Crippen molar-refractivity contribution < 1.29 is 22.6 Å². The highest BCUT2D eigenvalue weighted by Crippen LogP contribution is 2.58. The van der Waals surface area contributed by atoms with E-state index in [-0.39, 0.29) is 28.9 Å². The number of nitrogens with one attached hydrogen (secondary N) is 2. The van der Waals surface area contributed by atoms with Gasteiger partial charge in [-0.2, -0.15) is 13.2 Å². The van der Waals surface area contributed by atoms with E-state index in [9.17, 15) is 13.2 Å². The molecule has 0 radical (unpaired) electrons. The second-order valence-electron chi connectivity index (χ2n) is 11.6. The summed E-state index contributed by atoms with van der Waals surface area (Å²) in [4.78, 5) is 13.8. The fraction of sp³-hybridized carbons (Fsp3) is 0.600. The number of aromatic nitrogens is 2. The summed E-state index contributed by atoms with van der Waals surface area (Å²) in [6.07, 6.45) is -0.134. The average molecular weight is 639 g/mol. The van der Waals surface area contributed by atoms with Crippen LogP contribution in [-0.2, 0) is 27.5 Å². The first kappa shape index (κ1) is 32.6. The molecule has 1 aliphatic heterocycles. The molecule has 1 aromatic carbocycles. The van der Waals surface area contributed by atoms with E-state index in [0.717, 1.165) is 72.3 Å². The third-order valence-electron chi connectivity index (χ3n) is 8.75. The Morgan fingerprint density at radius 3 is 2.63 bits per heavy atom. The van der Waals surface area contributed by atoms with Gasteiger partial charge in [-0.3, -0.25) is 20.1 Å². The van der Waals surface area contributed by atoms with Crippen LogP contribution in [0.3, 0.4) is 0 Å². The fourth-order valence-electron chi connectivity index (χ4n) is 6.15. The summed E-state index contributed by atoms with van der Waals surface area (Å²) in [7, 11) is 3.79. The number of thiol groups is 1. The van der Waals surface area contributed by atoms with Gasteiger partial charge in [-0.15, -0.1) is 24.0 Å². The van der Waals surface area contributed by atoms with E-state index in [1.165, 1.54) is 0 Å². The van der Waals surface area contributed by atoms with Gasteiger partial charge < -0.3 is 14.8 Å². The van der Waals surface area contributed by atoms with Gasteiger partial charge in [0.15, 0.2) is 0 Å². The van der Waals surface area contributed by atoms with E-state index in [1.807, 2.05) is 12.3 Å². The molecule has 43 heavy (non-hydrogen) atoms. The van der Waals surface area contributed by atoms with Crippen LogP contribution in [0.4, 0.5) is 13.2 Å². The molecule has 2 aliphatic rings. The summed E-state index contributed by atoms with van der Waals surface area (Å²) in [6.45, 7) is 8.38. The van der Waals surface area contributed by atoms with E-state index in [4.69, 9.17) is 27.1 Å². The predicted molar refractivity (Wildman–Crippen MR) is 167 cm³/mol. The van der Waals surface area contributed by atoms with Crippen molar-refractivity contribution in [1.82, 2.24) is 30.4 Å².